The van der Waals surface area contributed by atoms with Crippen LogP contribution in [0.4, 0.5) is 4.39 Å². The van der Waals surface area contributed by atoms with Gasteiger partial charge in [-0.3, -0.25) is 4.79 Å². The fraction of sp³-hybridized carbons (Fsp3) is 0.923. The molecule has 0 spiro atoms. The Morgan fingerprint density at radius 2 is 1.89 bits per heavy atom. The minimum Gasteiger partial charge on any atom is -0.378 e. The third-order valence-corrected chi connectivity index (χ3v) is 2.31. The van der Waals surface area contributed by atoms with E-state index in [1.54, 1.807) is 6.92 Å². The summed E-state index contributed by atoms with van der Waals surface area (Å²) in [5.41, 5.74) is 0. The second-order valence-electron chi connectivity index (χ2n) is 4.55. The van der Waals surface area contributed by atoms with E-state index in [4.69, 9.17) is 9.47 Å². The fourth-order valence-electron chi connectivity index (χ4n) is 1.26. The molecule has 0 aliphatic rings. The molecule has 0 bridgehead atoms. The molecule has 2 N–H and O–H groups in total. The second kappa shape index (κ2) is 12.3. The van der Waals surface area contributed by atoms with Gasteiger partial charge in [-0.2, -0.15) is 0 Å². The molecule has 114 valence electrons. The summed E-state index contributed by atoms with van der Waals surface area (Å²) in [5, 5.41) is 5.70. The standard InChI is InChI=1S/C13H27FN2O3/c1-4-13(17)16-9-12(14)10-19-8-7-18-6-5-15-11(2)3/h11-12,15H,4-10H2,1-3H3,(H,16,17). The van der Waals surface area contributed by atoms with Gasteiger partial charge in [0.2, 0.25) is 5.91 Å². The summed E-state index contributed by atoms with van der Waals surface area (Å²) < 4.78 is 23.6. The summed E-state index contributed by atoms with van der Waals surface area (Å²) in [4.78, 5) is 10.9. The van der Waals surface area contributed by atoms with Crippen LogP contribution in [-0.2, 0) is 14.3 Å². The molecule has 0 aliphatic carbocycles. The van der Waals surface area contributed by atoms with Crippen LogP contribution in [0, 0.1) is 0 Å². The van der Waals surface area contributed by atoms with E-state index in [1.165, 1.54) is 0 Å². The molecule has 0 aromatic heterocycles. The summed E-state index contributed by atoms with van der Waals surface area (Å²) in [7, 11) is 0. The van der Waals surface area contributed by atoms with Gasteiger partial charge in [-0.05, 0) is 0 Å². The highest BCUT2D eigenvalue weighted by molar-refractivity contribution is 5.75. The average molecular weight is 278 g/mol. The van der Waals surface area contributed by atoms with Crippen molar-refractivity contribution in [1.29, 1.82) is 0 Å². The molecule has 0 rings (SSSR count). The van der Waals surface area contributed by atoms with Gasteiger partial charge in [-0.25, -0.2) is 4.39 Å². The van der Waals surface area contributed by atoms with Gasteiger partial charge in [-0.15, -0.1) is 0 Å². The van der Waals surface area contributed by atoms with Gasteiger partial charge < -0.3 is 20.1 Å². The molecule has 0 radical (unpaired) electrons. The lowest BCUT2D eigenvalue weighted by molar-refractivity contribution is -0.121. The molecule has 19 heavy (non-hydrogen) atoms. The van der Waals surface area contributed by atoms with Crippen LogP contribution in [0.5, 0.6) is 0 Å². The van der Waals surface area contributed by atoms with E-state index in [0.29, 0.717) is 32.3 Å². The molecule has 0 heterocycles. The number of rotatable bonds is 12. The lowest BCUT2D eigenvalue weighted by Crippen LogP contribution is -2.32. The molecule has 1 atom stereocenters. The Bertz CT molecular complexity index is 228. The molecule has 0 aromatic carbocycles. The van der Waals surface area contributed by atoms with Crippen LogP contribution in [0.25, 0.3) is 0 Å². The summed E-state index contributed by atoms with van der Waals surface area (Å²) in [5.74, 6) is -0.149. The van der Waals surface area contributed by atoms with Crippen LogP contribution in [-0.4, -0.2) is 57.6 Å². The van der Waals surface area contributed by atoms with Gasteiger partial charge in [0.15, 0.2) is 0 Å². The highest BCUT2D eigenvalue weighted by Crippen LogP contribution is 1.91. The normalized spacial score (nSPS) is 12.7. The first-order chi connectivity index (χ1) is 9.06. The number of ether oxygens (including phenoxy) is 2. The fourth-order valence-corrected chi connectivity index (χ4v) is 1.26. The quantitative estimate of drug-likeness (QED) is 0.520. The monoisotopic (exact) mass is 278 g/mol. The van der Waals surface area contributed by atoms with Crippen molar-refractivity contribution in [1.82, 2.24) is 10.6 Å². The smallest absolute Gasteiger partial charge is 0.219 e. The van der Waals surface area contributed by atoms with Gasteiger partial charge in [0, 0.05) is 19.0 Å². The van der Waals surface area contributed by atoms with Crippen LogP contribution in [0.3, 0.4) is 0 Å². The Morgan fingerprint density at radius 1 is 1.21 bits per heavy atom. The van der Waals surface area contributed by atoms with Gasteiger partial charge in [0.05, 0.1) is 33.0 Å². The van der Waals surface area contributed by atoms with Crippen molar-refractivity contribution < 1.29 is 18.7 Å². The SMILES string of the molecule is CCC(=O)NCC(F)COCCOCCNC(C)C. The molecular formula is C13H27FN2O3. The minimum atomic E-state index is -1.17. The molecule has 0 fully saturated rings. The molecule has 0 aliphatic heterocycles. The molecule has 0 saturated carbocycles. The number of hydrogen-bond acceptors (Lipinski definition) is 4. The summed E-state index contributed by atoms with van der Waals surface area (Å²) >= 11 is 0. The molecule has 6 heteroatoms. The average Bonchev–Trinajstić information content (AvgIpc) is 2.38. The van der Waals surface area contributed by atoms with Crippen molar-refractivity contribution in [2.75, 3.05) is 39.5 Å². The second-order valence-corrected chi connectivity index (χ2v) is 4.55. The molecular weight excluding hydrogens is 251 g/mol. The van der Waals surface area contributed by atoms with Gasteiger partial charge in [-0.1, -0.05) is 20.8 Å². The predicted octanol–water partition coefficient (Wildman–Crippen LogP) is 0.882. The molecule has 1 unspecified atom stereocenters. The van der Waals surface area contributed by atoms with Gasteiger partial charge in [0.25, 0.3) is 0 Å². The third-order valence-electron chi connectivity index (χ3n) is 2.31. The number of hydrogen-bond donors (Lipinski definition) is 2. The molecule has 1 amide bonds. The Kier molecular flexibility index (Phi) is 11.9. The van der Waals surface area contributed by atoms with Gasteiger partial charge >= 0.3 is 0 Å². The molecule has 0 aromatic rings. The van der Waals surface area contributed by atoms with Crippen molar-refractivity contribution in [3.05, 3.63) is 0 Å². The first kappa shape index (κ1) is 18.3. The topological polar surface area (TPSA) is 59.6 Å². The highest BCUT2D eigenvalue weighted by Gasteiger charge is 2.07. The Labute approximate surface area is 115 Å². The third kappa shape index (κ3) is 13.5. The Morgan fingerprint density at radius 3 is 2.53 bits per heavy atom. The van der Waals surface area contributed by atoms with Crippen LogP contribution in [0.15, 0.2) is 0 Å². The zero-order valence-corrected chi connectivity index (χ0v) is 12.2. The van der Waals surface area contributed by atoms with E-state index in [0.717, 1.165) is 6.54 Å². The maximum Gasteiger partial charge on any atom is 0.219 e. The minimum absolute atomic E-state index is 0.00579. The highest BCUT2D eigenvalue weighted by atomic mass is 19.1. The van der Waals surface area contributed by atoms with E-state index in [1.807, 2.05) is 0 Å². The zero-order chi connectivity index (χ0) is 14.5. The number of amides is 1. The van der Waals surface area contributed by atoms with E-state index in [9.17, 15) is 9.18 Å². The summed E-state index contributed by atoms with van der Waals surface area (Å²) in [6, 6.07) is 0.450. The van der Waals surface area contributed by atoms with E-state index in [2.05, 4.69) is 24.5 Å². The van der Waals surface area contributed by atoms with Crippen LogP contribution < -0.4 is 10.6 Å². The van der Waals surface area contributed by atoms with Crippen molar-refractivity contribution in [2.24, 2.45) is 0 Å². The van der Waals surface area contributed by atoms with Crippen LogP contribution in [0.2, 0.25) is 0 Å². The largest absolute Gasteiger partial charge is 0.378 e. The van der Waals surface area contributed by atoms with Crippen molar-refractivity contribution >= 4 is 5.91 Å². The number of halogens is 1. The summed E-state index contributed by atoms with van der Waals surface area (Å²) in [6.07, 6.45) is -0.802. The lowest BCUT2D eigenvalue weighted by Gasteiger charge is -2.11. The Balaban J connectivity index is 3.23. The number of carbonyl (C=O) groups is 1. The summed E-state index contributed by atoms with van der Waals surface area (Å²) in [6.45, 7) is 8.09. The maximum absolute atomic E-state index is 13.2. The van der Waals surface area contributed by atoms with E-state index in [-0.39, 0.29) is 19.1 Å². The van der Waals surface area contributed by atoms with Crippen LogP contribution in [0.1, 0.15) is 27.2 Å². The van der Waals surface area contributed by atoms with Crippen molar-refractivity contribution in [2.45, 2.75) is 39.4 Å². The number of carbonyl (C=O) groups excluding carboxylic acids is 1. The van der Waals surface area contributed by atoms with E-state index >= 15 is 0 Å². The van der Waals surface area contributed by atoms with Gasteiger partial charge in [0.1, 0.15) is 6.17 Å². The Hall–Kier alpha value is -0.720. The molecule has 0 saturated heterocycles. The molecule has 5 nitrogen and oxygen atoms in total. The predicted molar refractivity (Wildman–Crippen MR) is 73.0 cm³/mol. The first-order valence-electron chi connectivity index (χ1n) is 6.85. The van der Waals surface area contributed by atoms with E-state index < -0.39 is 6.17 Å². The van der Waals surface area contributed by atoms with Crippen molar-refractivity contribution in [3.63, 3.8) is 0 Å². The van der Waals surface area contributed by atoms with Crippen molar-refractivity contribution in [3.8, 4) is 0 Å². The van der Waals surface area contributed by atoms with Crippen LogP contribution >= 0.6 is 0 Å². The zero-order valence-electron chi connectivity index (χ0n) is 12.2. The first-order valence-corrected chi connectivity index (χ1v) is 6.85. The number of alkyl halides is 1. The number of nitrogens with one attached hydrogen (secondary N) is 2. The maximum atomic E-state index is 13.2. The lowest BCUT2D eigenvalue weighted by atomic mass is 10.4.